The maximum Gasteiger partial charge on any atom is 0.232 e. The van der Waals surface area contributed by atoms with Gasteiger partial charge in [0.25, 0.3) is 0 Å². The minimum Gasteiger partial charge on any atom is -0.347 e. The van der Waals surface area contributed by atoms with E-state index in [0.717, 1.165) is 5.69 Å². The average molecular weight is 229 g/mol. The first-order valence-corrected chi connectivity index (χ1v) is 5.37. The molecule has 5 heteroatoms. The Kier molecular flexibility index (Phi) is 3.18. The molecule has 0 saturated heterocycles. The summed E-state index contributed by atoms with van der Waals surface area (Å²) in [7, 11) is 3.81. The Labute approximate surface area is 101 Å². The third-order valence-electron chi connectivity index (χ3n) is 2.17. The lowest BCUT2D eigenvalue weighted by molar-refractivity contribution is 0.923. The summed E-state index contributed by atoms with van der Waals surface area (Å²) in [6, 6.07) is 9.82. The van der Waals surface area contributed by atoms with Gasteiger partial charge in [-0.25, -0.2) is 0 Å². The SMILES string of the molecule is Cc1nc(Nc2ccccc2)nc(N(C)C)n1. The second kappa shape index (κ2) is 4.78. The van der Waals surface area contributed by atoms with E-state index in [0.29, 0.717) is 17.7 Å². The van der Waals surface area contributed by atoms with Gasteiger partial charge in [-0.15, -0.1) is 0 Å². The average Bonchev–Trinajstić information content (AvgIpc) is 2.29. The Morgan fingerprint density at radius 2 is 1.71 bits per heavy atom. The summed E-state index contributed by atoms with van der Waals surface area (Å²) in [5.41, 5.74) is 0.961. The fraction of sp³-hybridized carbons (Fsp3) is 0.250. The van der Waals surface area contributed by atoms with E-state index in [9.17, 15) is 0 Å². The topological polar surface area (TPSA) is 53.9 Å². The molecule has 0 atom stereocenters. The van der Waals surface area contributed by atoms with E-state index in [1.807, 2.05) is 56.3 Å². The van der Waals surface area contributed by atoms with Crippen molar-refractivity contribution in [3.63, 3.8) is 0 Å². The zero-order chi connectivity index (χ0) is 12.3. The summed E-state index contributed by atoms with van der Waals surface area (Å²) >= 11 is 0. The number of rotatable bonds is 3. The highest BCUT2D eigenvalue weighted by atomic mass is 15.3. The Morgan fingerprint density at radius 1 is 1.00 bits per heavy atom. The smallest absolute Gasteiger partial charge is 0.232 e. The molecule has 1 heterocycles. The van der Waals surface area contributed by atoms with E-state index in [4.69, 9.17) is 0 Å². The van der Waals surface area contributed by atoms with E-state index < -0.39 is 0 Å². The predicted octanol–water partition coefficient (Wildman–Crippen LogP) is 1.99. The highest BCUT2D eigenvalue weighted by molar-refractivity contribution is 5.53. The van der Waals surface area contributed by atoms with Crippen molar-refractivity contribution in [3.05, 3.63) is 36.2 Å². The van der Waals surface area contributed by atoms with Gasteiger partial charge in [0.2, 0.25) is 11.9 Å². The quantitative estimate of drug-likeness (QED) is 0.872. The summed E-state index contributed by atoms with van der Waals surface area (Å²) in [4.78, 5) is 14.7. The molecule has 0 aliphatic carbocycles. The van der Waals surface area contributed by atoms with Gasteiger partial charge in [0.1, 0.15) is 5.82 Å². The maximum atomic E-state index is 4.32. The largest absolute Gasteiger partial charge is 0.347 e. The van der Waals surface area contributed by atoms with Crippen LogP contribution in [-0.2, 0) is 0 Å². The predicted molar refractivity (Wildman–Crippen MR) is 68.6 cm³/mol. The van der Waals surface area contributed by atoms with Crippen LogP contribution in [0.5, 0.6) is 0 Å². The van der Waals surface area contributed by atoms with Crippen LogP contribution in [0.1, 0.15) is 5.82 Å². The van der Waals surface area contributed by atoms with Crippen molar-refractivity contribution >= 4 is 17.6 Å². The van der Waals surface area contributed by atoms with Crippen LogP contribution in [0.3, 0.4) is 0 Å². The van der Waals surface area contributed by atoms with Crippen molar-refractivity contribution < 1.29 is 0 Å². The van der Waals surface area contributed by atoms with Crippen molar-refractivity contribution in [2.45, 2.75) is 6.92 Å². The lowest BCUT2D eigenvalue weighted by Gasteiger charge is -2.12. The number of nitrogens with one attached hydrogen (secondary N) is 1. The maximum absolute atomic E-state index is 4.32. The fourth-order valence-corrected chi connectivity index (χ4v) is 1.37. The van der Waals surface area contributed by atoms with E-state index in [2.05, 4.69) is 20.3 Å². The lowest BCUT2D eigenvalue weighted by atomic mass is 10.3. The van der Waals surface area contributed by atoms with Crippen LogP contribution in [0.4, 0.5) is 17.6 Å². The molecule has 2 aromatic rings. The third kappa shape index (κ3) is 2.90. The molecule has 0 amide bonds. The molecule has 0 fully saturated rings. The lowest BCUT2D eigenvalue weighted by Crippen LogP contribution is -2.15. The standard InChI is InChI=1S/C12H15N5/c1-9-13-11(16-12(14-9)17(2)3)15-10-7-5-4-6-8-10/h4-8H,1-3H3,(H,13,14,15,16). The molecular weight excluding hydrogens is 214 g/mol. The van der Waals surface area contributed by atoms with Crippen LogP contribution in [0, 0.1) is 6.92 Å². The van der Waals surface area contributed by atoms with Gasteiger partial charge in [0.05, 0.1) is 0 Å². The number of nitrogens with zero attached hydrogens (tertiary/aromatic N) is 4. The molecule has 0 aliphatic heterocycles. The Hall–Kier alpha value is -2.17. The van der Waals surface area contributed by atoms with Gasteiger partial charge in [-0.2, -0.15) is 15.0 Å². The molecule has 17 heavy (non-hydrogen) atoms. The van der Waals surface area contributed by atoms with E-state index >= 15 is 0 Å². The summed E-state index contributed by atoms with van der Waals surface area (Å²) in [6.45, 7) is 1.85. The van der Waals surface area contributed by atoms with Crippen LogP contribution < -0.4 is 10.2 Å². The molecule has 0 unspecified atom stereocenters. The number of aryl methyl sites for hydroxylation is 1. The van der Waals surface area contributed by atoms with Gasteiger partial charge in [0, 0.05) is 19.8 Å². The van der Waals surface area contributed by atoms with Gasteiger partial charge in [0.15, 0.2) is 0 Å². The summed E-state index contributed by atoms with van der Waals surface area (Å²) in [5, 5.41) is 3.15. The second-order valence-corrected chi connectivity index (χ2v) is 3.89. The summed E-state index contributed by atoms with van der Waals surface area (Å²) < 4.78 is 0. The first-order valence-electron chi connectivity index (χ1n) is 5.37. The molecule has 0 aliphatic rings. The molecule has 1 N–H and O–H groups in total. The molecule has 88 valence electrons. The molecule has 2 rings (SSSR count). The number of aromatic nitrogens is 3. The normalized spacial score (nSPS) is 10.1. The van der Waals surface area contributed by atoms with Crippen molar-refractivity contribution in [2.24, 2.45) is 0 Å². The minimum absolute atomic E-state index is 0.562. The first-order chi connectivity index (χ1) is 8.15. The van der Waals surface area contributed by atoms with Gasteiger partial charge in [-0.1, -0.05) is 18.2 Å². The molecule has 5 nitrogen and oxygen atoms in total. The zero-order valence-corrected chi connectivity index (χ0v) is 10.2. The molecule has 0 bridgehead atoms. The third-order valence-corrected chi connectivity index (χ3v) is 2.17. The van der Waals surface area contributed by atoms with E-state index in [1.165, 1.54) is 0 Å². The van der Waals surface area contributed by atoms with Gasteiger partial charge in [-0.05, 0) is 19.1 Å². The Balaban J connectivity index is 2.27. The zero-order valence-electron chi connectivity index (χ0n) is 10.2. The molecule has 1 aromatic carbocycles. The van der Waals surface area contributed by atoms with Crippen LogP contribution in [0.15, 0.2) is 30.3 Å². The van der Waals surface area contributed by atoms with Crippen molar-refractivity contribution in [2.75, 3.05) is 24.3 Å². The second-order valence-electron chi connectivity index (χ2n) is 3.89. The van der Waals surface area contributed by atoms with Crippen molar-refractivity contribution in [3.8, 4) is 0 Å². The highest BCUT2D eigenvalue weighted by Gasteiger charge is 2.05. The first kappa shape index (κ1) is 11.3. The van der Waals surface area contributed by atoms with Crippen molar-refractivity contribution in [1.82, 2.24) is 15.0 Å². The number of para-hydroxylation sites is 1. The number of hydrogen-bond donors (Lipinski definition) is 1. The minimum atomic E-state index is 0.562. The van der Waals surface area contributed by atoms with Gasteiger partial charge in [-0.3, -0.25) is 0 Å². The molecule has 0 spiro atoms. The number of hydrogen-bond acceptors (Lipinski definition) is 5. The van der Waals surface area contributed by atoms with Gasteiger partial charge < -0.3 is 10.2 Å². The monoisotopic (exact) mass is 229 g/mol. The van der Waals surface area contributed by atoms with Crippen LogP contribution in [0.2, 0.25) is 0 Å². The molecule has 0 radical (unpaired) electrons. The van der Waals surface area contributed by atoms with Crippen LogP contribution in [0.25, 0.3) is 0 Å². The van der Waals surface area contributed by atoms with Crippen molar-refractivity contribution in [1.29, 1.82) is 0 Å². The highest BCUT2D eigenvalue weighted by Crippen LogP contribution is 2.14. The summed E-state index contributed by atoms with van der Waals surface area (Å²) in [5.74, 6) is 1.91. The Morgan fingerprint density at radius 3 is 2.35 bits per heavy atom. The molecular formula is C12H15N5. The molecule has 1 aromatic heterocycles. The van der Waals surface area contributed by atoms with E-state index in [-0.39, 0.29) is 0 Å². The van der Waals surface area contributed by atoms with Gasteiger partial charge >= 0.3 is 0 Å². The fourth-order valence-electron chi connectivity index (χ4n) is 1.37. The van der Waals surface area contributed by atoms with E-state index in [1.54, 1.807) is 0 Å². The number of benzene rings is 1. The summed E-state index contributed by atoms with van der Waals surface area (Å²) in [6.07, 6.45) is 0. The van der Waals surface area contributed by atoms with Crippen LogP contribution >= 0.6 is 0 Å². The molecule has 0 saturated carbocycles. The Bertz CT molecular complexity index is 496. The number of anilines is 3. The van der Waals surface area contributed by atoms with Crippen LogP contribution in [-0.4, -0.2) is 29.0 Å².